The molecule has 0 radical (unpaired) electrons. The smallest absolute Gasteiger partial charge is 0.234 e. The second kappa shape index (κ2) is 5.47. The van der Waals surface area contributed by atoms with E-state index in [2.05, 4.69) is 10.6 Å². The number of carbonyl (C=O) groups excluding carboxylic acids is 1. The summed E-state index contributed by atoms with van der Waals surface area (Å²) < 4.78 is 12.9. The van der Waals surface area contributed by atoms with Crippen LogP contribution >= 0.6 is 11.6 Å². The molecular formula is C12H14ClFN2O. The maximum absolute atomic E-state index is 12.9. The number of carbonyl (C=O) groups is 1. The number of nitrogens with one attached hydrogen (secondary N) is 2. The van der Waals surface area contributed by atoms with E-state index in [0.29, 0.717) is 12.6 Å². The molecule has 0 aliphatic heterocycles. The second-order valence-corrected chi connectivity index (χ2v) is 4.60. The van der Waals surface area contributed by atoms with Gasteiger partial charge in [0.15, 0.2) is 0 Å². The summed E-state index contributed by atoms with van der Waals surface area (Å²) in [7, 11) is 0. The van der Waals surface area contributed by atoms with Gasteiger partial charge in [-0.2, -0.15) is 0 Å². The van der Waals surface area contributed by atoms with Crippen LogP contribution in [0.3, 0.4) is 0 Å². The Kier molecular flexibility index (Phi) is 3.97. The highest BCUT2D eigenvalue weighted by Gasteiger charge is 2.22. The molecule has 0 aromatic heterocycles. The highest BCUT2D eigenvalue weighted by atomic mass is 35.5. The van der Waals surface area contributed by atoms with Crippen molar-refractivity contribution >= 4 is 17.5 Å². The third-order valence-corrected chi connectivity index (χ3v) is 2.83. The Labute approximate surface area is 104 Å². The molecule has 1 aliphatic rings. The van der Waals surface area contributed by atoms with Gasteiger partial charge in [0.1, 0.15) is 5.82 Å². The Morgan fingerprint density at radius 1 is 1.47 bits per heavy atom. The largest absolute Gasteiger partial charge is 0.352 e. The van der Waals surface area contributed by atoms with Crippen molar-refractivity contribution < 1.29 is 9.18 Å². The highest BCUT2D eigenvalue weighted by Crippen LogP contribution is 2.18. The van der Waals surface area contributed by atoms with E-state index >= 15 is 0 Å². The van der Waals surface area contributed by atoms with E-state index in [1.807, 2.05) is 0 Å². The van der Waals surface area contributed by atoms with Gasteiger partial charge < -0.3 is 10.6 Å². The molecule has 2 N–H and O–H groups in total. The Hall–Kier alpha value is -1.13. The van der Waals surface area contributed by atoms with Crippen LogP contribution in [-0.4, -0.2) is 18.5 Å². The van der Waals surface area contributed by atoms with Gasteiger partial charge in [0.2, 0.25) is 5.91 Å². The maximum Gasteiger partial charge on any atom is 0.234 e. The van der Waals surface area contributed by atoms with Gasteiger partial charge in [-0.1, -0.05) is 17.7 Å². The average Bonchev–Trinajstić information content (AvgIpc) is 3.07. The number of amides is 1. The molecule has 1 aliphatic carbocycles. The lowest BCUT2D eigenvalue weighted by Crippen LogP contribution is -2.34. The van der Waals surface area contributed by atoms with E-state index in [1.54, 1.807) is 12.1 Å². The second-order valence-electron chi connectivity index (χ2n) is 4.19. The van der Waals surface area contributed by atoms with Crippen LogP contribution in [0.4, 0.5) is 4.39 Å². The number of benzene rings is 1. The zero-order chi connectivity index (χ0) is 12.3. The molecule has 1 aromatic rings. The first kappa shape index (κ1) is 12.3. The van der Waals surface area contributed by atoms with Crippen LogP contribution in [0.1, 0.15) is 18.4 Å². The molecule has 3 nitrogen and oxygen atoms in total. The zero-order valence-corrected chi connectivity index (χ0v) is 10.1. The van der Waals surface area contributed by atoms with Crippen molar-refractivity contribution in [2.75, 3.05) is 6.54 Å². The van der Waals surface area contributed by atoms with Crippen LogP contribution < -0.4 is 10.6 Å². The predicted molar refractivity (Wildman–Crippen MR) is 64.3 cm³/mol. The standard InChI is InChI=1S/C12H14ClFN2O/c13-10-5-8(1-4-11(10)14)6-15-7-12(17)16-9-2-3-9/h1,4-5,9,15H,2-3,6-7H2,(H,16,17). The van der Waals surface area contributed by atoms with Gasteiger partial charge >= 0.3 is 0 Å². The third kappa shape index (κ3) is 3.98. The Morgan fingerprint density at radius 3 is 2.88 bits per heavy atom. The lowest BCUT2D eigenvalue weighted by Gasteiger charge is -2.06. The van der Waals surface area contributed by atoms with Gasteiger partial charge in [-0.05, 0) is 30.5 Å². The number of rotatable bonds is 5. The van der Waals surface area contributed by atoms with Gasteiger partial charge in [-0.15, -0.1) is 0 Å². The molecule has 1 amide bonds. The predicted octanol–water partition coefficient (Wildman–Crippen LogP) is 1.85. The fourth-order valence-electron chi connectivity index (χ4n) is 1.48. The van der Waals surface area contributed by atoms with Crippen LogP contribution in [-0.2, 0) is 11.3 Å². The summed E-state index contributed by atoms with van der Waals surface area (Å²) >= 11 is 5.65. The minimum atomic E-state index is -0.429. The van der Waals surface area contributed by atoms with Crippen molar-refractivity contribution in [2.24, 2.45) is 0 Å². The molecule has 92 valence electrons. The van der Waals surface area contributed by atoms with Crippen molar-refractivity contribution in [3.8, 4) is 0 Å². The van der Waals surface area contributed by atoms with Crippen molar-refractivity contribution in [3.63, 3.8) is 0 Å². The number of hydrogen-bond acceptors (Lipinski definition) is 2. The van der Waals surface area contributed by atoms with Crippen molar-refractivity contribution in [1.29, 1.82) is 0 Å². The van der Waals surface area contributed by atoms with E-state index in [1.165, 1.54) is 6.07 Å². The van der Waals surface area contributed by atoms with Gasteiger partial charge in [-0.3, -0.25) is 4.79 Å². The zero-order valence-electron chi connectivity index (χ0n) is 9.30. The first-order chi connectivity index (χ1) is 8.15. The summed E-state index contributed by atoms with van der Waals surface area (Å²) in [5.74, 6) is -0.428. The van der Waals surface area contributed by atoms with Crippen LogP contribution in [0, 0.1) is 5.82 Å². The van der Waals surface area contributed by atoms with Crippen LogP contribution in [0.25, 0.3) is 0 Å². The van der Waals surface area contributed by atoms with Gasteiger partial charge in [0.05, 0.1) is 11.6 Å². The fraction of sp³-hybridized carbons (Fsp3) is 0.417. The number of halogens is 2. The molecule has 0 unspecified atom stereocenters. The van der Waals surface area contributed by atoms with E-state index in [-0.39, 0.29) is 17.5 Å². The van der Waals surface area contributed by atoms with E-state index in [9.17, 15) is 9.18 Å². The summed E-state index contributed by atoms with van der Waals surface area (Å²) in [6.07, 6.45) is 2.17. The van der Waals surface area contributed by atoms with Crippen LogP contribution in [0.5, 0.6) is 0 Å². The highest BCUT2D eigenvalue weighted by molar-refractivity contribution is 6.30. The molecule has 17 heavy (non-hydrogen) atoms. The molecule has 0 saturated heterocycles. The van der Waals surface area contributed by atoms with Crippen molar-refractivity contribution in [1.82, 2.24) is 10.6 Å². The van der Waals surface area contributed by atoms with E-state index < -0.39 is 5.82 Å². The fourth-order valence-corrected chi connectivity index (χ4v) is 1.68. The SMILES string of the molecule is O=C(CNCc1ccc(F)c(Cl)c1)NC1CC1. The summed E-state index contributed by atoms with van der Waals surface area (Å²) in [6.45, 7) is 0.767. The Bertz CT molecular complexity index is 421. The Balaban J connectivity index is 1.73. The molecule has 0 atom stereocenters. The summed E-state index contributed by atoms with van der Waals surface area (Å²) in [5, 5.41) is 5.96. The topological polar surface area (TPSA) is 41.1 Å². The minimum absolute atomic E-state index is 0.000656. The maximum atomic E-state index is 12.9. The monoisotopic (exact) mass is 256 g/mol. The molecule has 0 spiro atoms. The molecule has 1 saturated carbocycles. The molecule has 1 aromatic carbocycles. The molecule has 0 heterocycles. The molecule has 0 bridgehead atoms. The normalized spacial score (nSPS) is 14.7. The van der Waals surface area contributed by atoms with Gasteiger partial charge in [-0.25, -0.2) is 4.39 Å². The summed E-state index contributed by atoms with van der Waals surface area (Å²) in [4.78, 5) is 11.3. The van der Waals surface area contributed by atoms with Crippen molar-refractivity contribution in [2.45, 2.75) is 25.4 Å². The van der Waals surface area contributed by atoms with Crippen molar-refractivity contribution in [3.05, 3.63) is 34.6 Å². The van der Waals surface area contributed by atoms with Crippen LogP contribution in [0.15, 0.2) is 18.2 Å². The van der Waals surface area contributed by atoms with Crippen LogP contribution in [0.2, 0.25) is 5.02 Å². The Morgan fingerprint density at radius 2 is 2.24 bits per heavy atom. The summed E-state index contributed by atoms with van der Waals surface area (Å²) in [6, 6.07) is 4.91. The van der Waals surface area contributed by atoms with Gasteiger partial charge in [0.25, 0.3) is 0 Å². The lowest BCUT2D eigenvalue weighted by atomic mass is 10.2. The molecule has 2 rings (SSSR count). The van der Waals surface area contributed by atoms with E-state index in [4.69, 9.17) is 11.6 Å². The first-order valence-corrected chi connectivity index (χ1v) is 5.97. The minimum Gasteiger partial charge on any atom is -0.352 e. The lowest BCUT2D eigenvalue weighted by molar-refractivity contribution is -0.120. The quantitative estimate of drug-likeness (QED) is 0.844. The van der Waals surface area contributed by atoms with E-state index in [0.717, 1.165) is 18.4 Å². The third-order valence-electron chi connectivity index (χ3n) is 2.54. The first-order valence-electron chi connectivity index (χ1n) is 5.59. The molecule has 1 fully saturated rings. The molecular weight excluding hydrogens is 243 g/mol. The average molecular weight is 257 g/mol. The van der Waals surface area contributed by atoms with Gasteiger partial charge in [0, 0.05) is 12.6 Å². The summed E-state index contributed by atoms with van der Waals surface area (Å²) in [5.41, 5.74) is 0.857. The number of hydrogen-bond donors (Lipinski definition) is 2. The molecule has 5 heteroatoms.